The van der Waals surface area contributed by atoms with Gasteiger partial charge in [-0.3, -0.25) is 0 Å². The highest BCUT2D eigenvalue weighted by molar-refractivity contribution is 9.10. The van der Waals surface area contributed by atoms with Crippen molar-refractivity contribution in [3.63, 3.8) is 0 Å². The lowest BCUT2D eigenvalue weighted by Crippen LogP contribution is -2.10. The lowest BCUT2D eigenvalue weighted by molar-refractivity contribution is 0.0693. The fourth-order valence-electron chi connectivity index (χ4n) is 1.91. The van der Waals surface area contributed by atoms with Crippen molar-refractivity contribution >= 4 is 33.7 Å². The van der Waals surface area contributed by atoms with Crippen molar-refractivity contribution in [2.24, 2.45) is 0 Å². The van der Waals surface area contributed by atoms with Gasteiger partial charge in [-0.25, -0.2) is 4.79 Å². The monoisotopic (exact) mass is 364 g/mol. The maximum Gasteiger partial charge on any atom is 0.336 e. The summed E-state index contributed by atoms with van der Waals surface area (Å²) in [5.41, 5.74) is 1.70. The Morgan fingerprint density at radius 2 is 1.71 bits per heavy atom. The summed E-state index contributed by atoms with van der Waals surface area (Å²) in [4.78, 5) is 13.1. The van der Waals surface area contributed by atoms with E-state index in [-0.39, 0.29) is 5.41 Å². The Morgan fingerprint density at radius 1 is 1.10 bits per heavy atom. The third-order valence-corrected chi connectivity index (χ3v) is 4.70. The Hall–Kier alpha value is -1.26. The molecule has 0 heterocycles. The molecule has 0 atom stereocenters. The Bertz CT molecular complexity index is 657. The van der Waals surface area contributed by atoms with Gasteiger partial charge in [0.1, 0.15) is 0 Å². The summed E-state index contributed by atoms with van der Waals surface area (Å²) in [5.74, 6) is -0.912. The van der Waals surface area contributed by atoms with Crippen LogP contribution in [0.5, 0.6) is 0 Å². The minimum absolute atomic E-state index is 0.118. The summed E-state index contributed by atoms with van der Waals surface area (Å²) in [6.07, 6.45) is 0. The third-order valence-electron chi connectivity index (χ3n) is 3.12. The molecule has 0 aliphatic carbocycles. The van der Waals surface area contributed by atoms with Crippen LogP contribution >= 0.6 is 27.7 Å². The molecular weight excluding hydrogens is 348 g/mol. The lowest BCUT2D eigenvalue weighted by atomic mass is 9.87. The number of aromatic carboxylic acids is 1. The molecule has 4 heteroatoms. The molecule has 21 heavy (non-hydrogen) atoms. The van der Waals surface area contributed by atoms with E-state index in [0.29, 0.717) is 5.56 Å². The molecular formula is C17H17BrO2S. The van der Waals surface area contributed by atoms with Crippen LogP contribution in [0, 0.1) is 0 Å². The summed E-state index contributed by atoms with van der Waals surface area (Å²) in [7, 11) is 0. The zero-order valence-electron chi connectivity index (χ0n) is 12.2. The SMILES string of the molecule is CC(C)(C)c1ccc(Sc2ccc(Br)cc2C(=O)O)cc1. The van der Waals surface area contributed by atoms with E-state index in [9.17, 15) is 9.90 Å². The molecule has 110 valence electrons. The van der Waals surface area contributed by atoms with Gasteiger partial charge in [0.05, 0.1) is 5.56 Å². The minimum atomic E-state index is -0.912. The van der Waals surface area contributed by atoms with Crippen LogP contribution in [0.4, 0.5) is 0 Å². The van der Waals surface area contributed by atoms with Crippen LogP contribution in [0.3, 0.4) is 0 Å². The van der Waals surface area contributed by atoms with Crippen molar-refractivity contribution in [1.82, 2.24) is 0 Å². The lowest BCUT2D eigenvalue weighted by Gasteiger charge is -2.19. The van der Waals surface area contributed by atoms with E-state index >= 15 is 0 Å². The number of carbonyl (C=O) groups is 1. The fraction of sp³-hybridized carbons (Fsp3) is 0.235. The summed E-state index contributed by atoms with van der Waals surface area (Å²) in [6, 6.07) is 13.6. The molecule has 2 aromatic carbocycles. The molecule has 2 nitrogen and oxygen atoms in total. The standard InChI is InChI=1S/C17H17BrO2S/c1-17(2,3)11-4-7-13(8-5-11)21-15-9-6-12(18)10-14(15)16(19)20/h4-10H,1-3H3,(H,19,20). The molecule has 0 spiro atoms. The van der Waals surface area contributed by atoms with Gasteiger partial charge in [0, 0.05) is 14.3 Å². The second-order valence-corrected chi connectivity index (χ2v) is 7.85. The van der Waals surface area contributed by atoms with Gasteiger partial charge in [-0.05, 0) is 41.3 Å². The quantitative estimate of drug-likeness (QED) is 0.770. The molecule has 0 amide bonds. The molecule has 0 saturated heterocycles. The van der Waals surface area contributed by atoms with Crippen LogP contribution in [0.15, 0.2) is 56.7 Å². The van der Waals surface area contributed by atoms with E-state index in [0.717, 1.165) is 14.3 Å². The highest BCUT2D eigenvalue weighted by Crippen LogP contribution is 2.33. The number of benzene rings is 2. The van der Waals surface area contributed by atoms with Crippen molar-refractivity contribution in [1.29, 1.82) is 0 Å². The maximum absolute atomic E-state index is 11.3. The first-order valence-corrected chi connectivity index (χ1v) is 8.19. The number of halogens is 1. The van der Waals surface area contributed by atoms with Crippen LogP contribution in [-0.2, 0) is 5.41 Å². The van der Waals surface area contributed by atoms with Gasteiger partial charge >= 0.3 is 5.97 Å². The first-order chi connectivity index (χ1) is 9.77. The summed E-state index contributed by atoms with van der Waals surface area (Å²) in [6.45, 7) is 6.52. The van der Waals surface area contributed by atoms with E-state index in [2.05, 4.69) is 48.8 Å². The van der Waals surface area contributed by atoms with Crippen LogP contribution in [-0.4, -0.2) is 11.1 Å². The number of carboxylic acid groups (broad SMARTS) is 1. The van der Waals surface area contributed by atoms with Crippen LogP contribution in [0.25, 0.3) is 0 Å². The van der Waals surface area contributed by atoms with Crippen LogP contribution in [0.2, 0.25) is 0 Å². The van der Waals surface area contributed by atoms with E-state index in [1.165, 1.54) is 17.3 Å². The van der Waals surface area contributed by atoms with E-state index in [1.807, 2.05) is 24.3 Å². The Labute approximate surface area is 137 Å². The van der Waals surface area contributed by atoms with E-state index in [4.69, 9.17) is 0 Å². The summed E-state index contributed by atoms with van der Waals surface area (Å²) in [5, 5.41) is 9.28. The fourth-order valence-corrected chi connectivity index (χ4v) is 3.19. The first-order valence-electron chi connectivity index (χ1n) is 6.58. The third kappa shape index (κ3) is 4.11. The van der Waals surface area contributed by atoms with Crippen molar-refractivity contribution in [2.45, 2.75) is 36.0 Å². The molecule has 1 N–H and O–H groups in total. The number of hydrogen-bond donors (Lipinski definition) is 1. The maximum atomic E-state index is 11.3. The van der Waals surface area contributed by atoms with Gasteiger partial charge in [-0.1, -0.05) is 60.6 Å². The van der Waals surface area contributed by atoms with Gasteiger partial charge in [-0.15, -0.1) is 0 Å². The molecule has 0 aromatic heterocycles. The largest absolute Gasteiger partial charge is 0.478 e. The zero-order chi connectivity index (χ0) is 15.6. The summed E-state index contributed by atoms with van der Waals surface area (Å²) >= 11 is 4.78. The average Bonchev–Trinajstić information content (AvgIpc) is 2.40. The number of carboxylic acids is 1. The van der Waals surface area contributed by atoms with Crippen molar-refractivity contribution in [3.05, 3.63) is 58.1 Å². The van der Waals surface area contributed by atoms with Crippen molar-refractivity contribution in [2.75, 3.05) is 0 Å². The topological polar surface area (TPSA) is 37.3 Å². The van der Waals surface area contributed by atoms with Gasteiger partial charge in [0.25, 0.3) is 0 Å². The highest BCUT2D eigenvalue weighted by atomic mass is 79.9. The highest BCUT2D eigenvalue weighted by Gasteiger charge is 2.14. The summed E-state index contributed by atoms with van der Waals surface area (Å²) < 4.78 is 0.771. The first kappa shape index (κ1) is 16.1. The van der Waals surface area contributed by atoms with Gasteiger partial charge in [0.15, 0.2) is 0 Å². The van der Waals surface area contributed by atoms with Gasteiger partial charge in [0.2, 0.25) is 0 Å². The predicted molar refractivity (Wildman–Crippen MR) is 90.4 cm³/mol. The molecule has 0 radical (unpaired) electrons. The molecule has 0 aliphatic heterocycles. The number of rotatable bonds is 3. The molecule has 0 saturated carbocycles. The van der Waals surface area contributed by atoms with Crippen molar-refractivity contribution < 1.29 is 9.90 Å². The van der Waals surface area contributed by atoms with E-state index < -0.39 is 5.97 Å². The molecule has 0 unspecified atom stereocenters. The molecule has 0 aliphatic rings. The Kier molecular flexibility index (Phi) is 4.79. The second kappa shape index (κ2) is 6.24. The van der Waals surface area contributed by atoms with Gasteiger partial charge < -0.3 is 5.11 Å². The Morgan fingerprint density at radius 3 is 2.24 bits per heavy atom. The van der Waals surface area contributed by atoms with E-state index in [1.54, 1.807) is 6.07 Å². The van der Waals surface area contributed by atoms with Crippen LogP contribution in [0.1, 0.15) is 36.7 Å². The average molecular weight is 365 g/mol. The predicted octanol–water partition coefficient (Wildman–Crippen LogP) is 5.60. The molecule has 2 aromatic rings. The van der Waals surface area contributed by atoms with Crippen LogP contribution < -0.4 is 0 Å². The zero-order valence-corrected chi connectivity index (χ0v) is 14.6. The molecule has 0 bridgehead atoms. The minimum Gasteiger partial charge on any atom is -0.478 e. The molecule has 2 rings (SSSR count). The van der Waals surface area contributed by atoms with Gasteiger partial charge in [-0.2, -0.15) is 0 Å². The Balaban J connectivity index is 2.28. The smallest absolute Gasteiger partial charge is 0.336 e. The number of hydrogen-bond acceptors (Lipinski definition) is 2. The normalized spacial score (nSPS) is 11.4. The second-order valence-electron chi connectivity index (χ2n) is 5.82. The molecule has 0 fully saturated rings. The van der Waals surface area contributed by atoms with Crippen molar-refractivity contribution in [3.8, 4) is 0 Å².